The predicted molar refractivity (Wildman–Crippen MR) is 89.4 cm³/mol. The Labute approximate surface area is 135 Å². The van der Waals surface area contributed by atoms with Crippen LogP contribution in [0.15, 0.2) is 42.7 Å². The van der Waals surface area contributed by atoms with Crippen molar-refractivity contribution in [2.45, 2.75) is 18.9 Å². The zero-order valence-corrected chi connectivity index (χ0v) is 13.1. The number of ketones is 1. The Morgan fingerprint density at radius 3 is 3.00 bits per heavy atom. The minimum atomic E-state index is -0.0775. The fraction of sp³-hybridized carbons (Fsp3) is 0.278. The highest BCUT2D eigenvalue weighted by Crippen LogP contribution is 2.25. The van der Waals surface area contributed by atoms with E-state index in [1.165, 1.54) is 0 Å². The minimum Gasteiger partial charge on any atom is -0.362 e. The van der Waals surface area contributed by atoms with E-state index in [2.05, 4.69) is 10.00 Å². The highest BCUT2D eigenvalue weighted by Gasteiger charge is 2.24. The van der Waals surface area contributed by atoms with Crippen LogP contribution >= 0.6 is 0 Å². The van der Waals surface area contributed by atoms with Gasteiger partial charge in [-0.05, 0) is 37.1 Å². The number of nitrogens with zero attached hydrogens (tertiary/aromatic N) is 3. The standard InChI is InChI=1S/C18H19N3O2/c1-20-12-14(11-19-20)7-8-18(23)15-4-2-5-16(10-15)21-9-3-6-17(21)13-22/h2,4-5,7-8,10-13,17H,3,6,9H2,1H3/b8-7+. The van der Waals surface area contributed by atoms with Crippen molar-refractivity contribution >= 4 is 23.8 Å². The van der Waals surface area contributed by atoms with Gasteiger partial charge in [-0.15, -0.1) is 0 Å². The van der Waals surface area contributed by atoms with Gasteiger partial charge in [0, 0.05) is 36.6 Å². The lowest BCUT2D eigenvalue weighted by atomic mass is 10.1. The molecule has 2 aromatic rings. The van der Waals surface area contributed by atoms with Crippen LogP contribution in [0, 0.1) is 0 Å². The molecule has 1 atom stereocenters. The van der Waals surface area contributed by atoms with Crippen molar-refractivity contribution in [2.24, 2.45) is 7.05 Å². The van der Waals surface area contributed by atoms with Gasteiger partial charge in [-0.3, -0.25) is 9.48 Å². The molecule has 5 heteroatoms. The molecule has 1 aromatic heterocycles. The van der Waals surface area contributed by atoms with E-state index in [1.807, 2.05) is 31.4 Å². The van der Waals surface area contributed by atoms with E-state index in [1.54, 1.807) is 29.1 Å². The number of allylic oxidation sites excluding steroid dienone is 1. The van der Waals surface area contributed by atoms with Gasteiger partial charge in [-0.1, -0.05) is 12.1 Å². The molecular formula is C18H19N3O2. The predicted octanol–water partition coefficient (Wildman–Crippen LogP) is 2.48. The lowest BCUT2D eigenvalue weighted by Gasteiger charge is -2.23. The van der Waals surface area contributed by atoms with Gasteiger partial charge in [0.25, 0.3) is 0 Å². The Morgan fingerprint density at radius 2 is 2.26 bits per heavy atom. The van der Waals surface area contributed by atoms with E-state index >= 15 is 0 Å². The van der Waals surface area contributed by atoms with E-state index in [9.17, 15) is 9.59 Å². The maximum atomic E-state index is 12.3. The Bertz CT molecular complexity index is 748. The summed E-state index contributed by atoms with van der Waals surface area (Å²) in [5, 5.41) is 4.07. The lowest BCUT2D eigenvalue weighted by molar-refractivity contribution is -0.108. The quantitative estimate of drug-likeness (QED) is 0.484. The normalized spacial score (nSPS) is 17.8. The Morgan fingerprint density at radius 1 is 1.39 bits per heavy atom. The summed E-state index contributed by atoms with van der Waals surface area (Å²) in [6.07, 6.45) is 9.73. The number of anilines is 1. The fourth-order valence-corrected chi connectivity index (χ4v) is 2.89. The van der Waals surface area contributed by atoms with Crippen LogP contribution in [0.25, 0.3) is 6.08 Å². The molecule has 0 amide bonds. The zero-order chi connectivity index (χ0) is 16.2. The minimum absolute atomic E-state index is 0.0578. The van der Waals surface area contributed by atoms with Crippen LogP contribution in [0.5, 0.6) is 0 Å². The molecule has 23 heavy (non-hydrogen) atoms. The van der Waals surface area contributed by atoms with E-state index in [4.69, 9.17) is 0 Å². The number of carbonyl (C=O) groups is 2. The first-order valence-electron chi connectivity index (χ1n) is 7.70. The van der Waals surface area contributed by atoms with Gasteiger partial charge in [-0.25, -0.2) is 0 Å². The molecule has 1 aliphatic heterocycles. The largest absolute Gasteiger partial charge is 0.362 e. The smallest absolute Gasteiger partial charge is 0.185 e. The molecule has 5 nitrogen and oxygen atoms in total. The van der Waals surface area contributed by atoms with Crippen molar-refractivity contribution in [3.63, 3.8) is 0 Å². The summed E-state index contributed by atoms with van der Waals surface area (Å²) in [5.74, 6) is -0.0578. The maximum Gasteiger partial charge on any atom is 0.185 e. The second-order valence-corrected chi connectivity index (χ2v) is 5.73. The van der Waals surface area contributed by atoms with Crippen LogP contribution in [0.1, 0.15) is 28.8 Å². The van der Waals surface area contributed by atoms with E-state index in [0.29, 0.717) is 5.56 Å². The molecule has 0 bridgehead atoms. The monoisotopic (exact) mass is 309 g/mol. The summed E-state index contributed by atoms with van der Waals surface area (Å²) in [5.41, 5.74) is 2.44. The molecule has 0 saturated carbocycles. The first kappa shape index (κ1) is 15.2. The van der Waals surface area contributed by atoms with Crippen molar-refractivity contribution in [3.05, 3.63) is 53.9 Å². The van der Waals surface area contributed by atoms with Crippen LogP contribution in [-0.2, 0) is 11.8 Å². The van der Waals surface area contributed by atoms with Gasteiger partial charge >= 0.3 is 0 Å². The number of carbonyl (C=O) groups excluding carboxylic acids is 2. The van der Waals surface area contributed by atoms with Crippen LogP contribution in [0.4, 0.5) is 5.69 Å². The van der Waals surface area contributed by atoms with Crippen molar-refractivity contribution in [2.75, 3.05) is 11.4 Å². The SMILES string of the molecule is Cn1cc(/C=C/C(=O)c2cccc(N3CCCC3C=O)c2)cn1. The summed E-state index contributed by atoms with van der Waals surface area (Å²) < 4.78 is 1.69. The van der Waals surface area contributed by atoms with Gasteiger partial charge in [0.1, 0.15) is 6.29 Å². The average Bonchev–Trinajstić information content (AvgIpc) is 3.21. The molecule has 1 aliphatic rings. The first-order valence-corrected chi connectivity index (χ1v) is 7.70. The van der Waals surface area contributed by atoms with Crippen LogP contribution < -0.4 is 4.90 Å². The van der Waals surface area contributed by atoms with Crippen LogP contribution in [-0.4, -0.2) is 34.4 Å². The molecule has 2 heterocycles. The molecule has 0 spiro atoms. The molecule has 1 unspecified atom stereocenters. The molecule has 0 aliphatic carbocycles. The fourth-order valence-electron chi connectivity index (χ4n) is 2.89. The summed E-state index contributed by atoms with van der Waals surface area (Å²) in [6.45, 7) is 0.854. The molecular weight excluding hydrogens is 290 g/mol. The average molecular weight is 309 g/mol. The number of benzene rings is 1. The third-order valence-electron chi connectivity index (χ3n) is 4.07. The highest BCUT2D eigenvalue weighted by molar-refractivity contribution is 6.07. The highest BCUT2D eigenvalue weighted by atomic mass is 16.1. The van der Waals surface area contributed by atoms with Crippen molar-refractivity contribution < 1.29 is 9.59 Å². The number of aryl methyl sites for hydroxylation is 1. The van der Waals surface area contributed by atoms with Gasteiger partial charge in [0.05, 0.1) is 12.2 Å². The number of hydrogen-bond acceptors (Lipinski definition) is 4. The second-order valence-electron chi connectivity index (χ2n) is 5.73. The van der Waals surface area contributed by atoms with Crippen molar-refractivity contribution in [1.29, 1.82) is 0 Å². The van der Waals surface area contributed by atoms with Crippen LogP contribution in [0.3, 0.4) is 0 Å². The first-order chi connectivity index (χ1) is 11.2. The van der Waals surface area contributed by atoms with Gasteiger partial charge in [0.2, 0.25) is 0 Å². The summed E-state index contributed by atoms with van der Waals surface area (Å²) >= 11 is 0. The van der Waals surface area contributed by atoms with E-state index in [-0.39, 0.29) is 11.8 Å². The van der Waals surface area contributed by atoms with Crippen molar-refractivity contribution in [3.8, 4) is 0 Å². The molecule has 0 N–H and O–H groups in total. The second kappa shape index (κ2) is 6.60. The van der Waals surface area contributed by atoms with Gasteiger partial charge < -0.3 is 9.69 Å². The number of aldehydes is 1. The summed E-state index contributed by atoms with van der Waals surface area (Å²) in [4.78, 5) is 25.5. The van der Waals surface area contributed by atoms with E-state index in [0.717, 1.165) is 36.9 Å². The summed E-state index contributed by atoms with van der Waals surface area (Å²) in [7, 11) is 1.84. The molecule has 0 radical (unpaired) electrons. The number of aromatic nitrogens is 2. The topological polar surface area (TPSA) is 55.2 Å². The Balaban J connectivity index is 1.77. The van der Waals surface area contributed by atoms with Gasteiger partial charge in [-0.2, -0.15) is 5.10 Å². The molecule has 1 saturated heterocycles. The number of rotatable bonds is 5. The van der Waals surface area contributed by atoms with E-state index < -0.39 is 0 Å². The zero-order valence-electron chi connectivity index (χ0n) is 13.1. The molecule has 3 rings (SSSR count). The third kappa shape index (κ3) is 3.39. The molecule has 1 aromatic carbocycles. The lowest BCUT2D eigenvalue weighted by Crippen LogP contribution is -2.30. The summed E-state index contributed by atoms with van der Waals surface area (Å²) in [6, 6.07) is 7.39. The maximum absolute atomic E-state index is 12.3. The van der Waals surface area contributed by atoms with Gasteiger partial charge in [0.15, 0.2) is 5.78 Å². The molecule has 118 valence electrons. The third-order valence-corrected chi connectivity index (χ3v) is 4.07. The Hall–Kier alpha value is -2.69. The van der Waals surface area contributed by atoms with Crippen molar-refractivity contribution in [1.82, 2.24) is 9.78 Å². The Kier molecular flexibility index (Phi) is 4.37. The van der Waals surface area contributed by atoms with Crippen LogP contribution in [0.2, 0.25) is 0 Å². The number of hydrogen-bond donors (Lipinski definition) is 0. The molecule has 1 fully saturated rings.